The normalized spacial score (nSPS) is 15.4. The van der Waals surface area contributed by atoms with E-state index in [2.05, 4.69) is 56.8 Å². The van der Waals surface area contributed by atoms with Gasteiger partial charge in [-0.1, -0.05) is 93.2 Å². The Bertz CT molecular complexity index is 1790. The van der Waals surface area contributed by atoms with Crippen molar-refractivity contribution in [3.63, 3.8) is 0 Å². The lowest BCUT2D eigenvalue weighted by atomic mass is 9.82. The molecule has 0 N–H and O–H groups in total. The summed E-state index contributed by atoms with van der Waals surface area (Å²) in [6.07, 6.45) is 1.80. The average molecular weight is 443 g/mol. The molecule has 0 aromatic heterocycles. The Morgan fingerprint density at radius 3 is 2.21 bits per heavy atom. The molecule has 0 unspecified atom stereocenters. The fraction of sp³-hybridized carbons (Fsp3) is 0.0909. The highest BCUT2D eigenvalue weighted by Crippen LogP contribution is 2.50. The SMILES string of the molecule is [2H]c1c([2H])c([2H])c(N(c2ccc3c(c2)C(C)(C)c2ccccc2-3)c2ccc3cc(C=C)ccc3c2)c([2H])c1[2H]. The van der Waals surface area contributed by atoms with Crippen LogP contribution in [0.1, 0.15) is 37.4 Å². The van der Waals surface area contributed by atoms with Crippen molar-refractivity contribution >= 4 is 33.9 Å². The van der Waals surface area contributed by atoms with Crippen LogP contribution in [-0.4, -0.2) is 0 Å². The minimum Gasteiger partial charge on any atom is -0.310 e. The van der Waals surface area contributed by atoms with Crippen molar-refractivity contribution in [1.29, 1.82) is 0 Å². The maximum absolute atomic E-state index is 8.79. The van der Waals surface area contributed by atoms with Crippen molar-refractivity contribution in [2.45, 2.75) is 19.3 Å². The zero-order valence-corrected chi connectivity index (χ0v) is 19.2. The van der Waals surface area contributed by atoms with Crippen LogP contribution in [0, 0.1) is 0 Å². The molecule has 0 atom stereocenters. The van der Waals surface area contributed by atoms with E-state index in [0.717, 1.165) is 33.2 Å². The third-order valence-corrected chi connectivity index (χ3v) is 6.88. The van der Waals surface area contributed by atoms with Crippen LogP contribution in [0.15, 0.2) is 116 Å². The van der Waals surface area contributed by atoms with Crippen molar-refractivity contribution in [2.24, 2.45) is 0 Å². The fourth-order valence-electron chi connectivity index (χ4n) is 5.11. The molecule has 5 aromatic carbocycles. The number of nitrogens with zero attached hydrogens (tertiary/aromatic N) is 1. The smallest absolute Gasteiger partial charge is 0.0645 e. The monoisotopic (exact) mass is 442 g/mol. The minimum atomic E-state index is -0.408. The molecule has 1 aliphatic carbocycles. The topological polar surface area (TPSA) is 3.24 Å². The van der Waals surface area contributed by atoms with Gasteiger partial charge >= 0.3 is 0 Å². The first kappa shape index (κ1) is 15.7. The highest BCUT2D eigenvalue weighted by Gasteiger charge is 2.35. The van der Waals surface area contributed by atoms with Gasteiger partial charge in [-0.25, -0.2) is 0 Å². The van der Waals surface area contributed by atoms with Crippen LogP contribution in [0.5, 0.6) is 0 Å². The van der Waals surface area contributed by atoms with Gasteiger partial charge in [0.15, 0.2) is 0 Å². The summed E-state index contributed by atoms with van der Waals surface area (Å²) >= 11 is 0. The van der Waals surface area contributed by atoms with E-state index in [9.17, 15) is 0 Å². The molecule has 0 aliphatic heterocycles. The van der Waals surface area contributed by atoms with Crippen LogP contribution < -0.4 is 4.90 Å². The second kappa shape index (κ2) is 7.74. The lowest BCUT2D eigenvalue weighted by Gasteiger charge is -2.28. The van der Waals surface area contributed by atoms with E-state index in [0.29, 0.717) is 5.69 Å². The minimum absolute atomic E-state index is 0.122. The number of rotatable bonds is 4. The van der Waals surface area contributed by atoms with Gasteiger partial charge in [0.1, 0.15) is 0 Å². The summed E-state index contributed by atoms with van der Waals surface area (Å²) in [7, 11) is 0. The largest absolute Gasteiger partial charge is 0.310 e. The molecular formula is C33H27N. The number of benzene rings is 5. The molecule has 1 nitrogen and oxygen atoms in total. The molecule has 164 valence electrons. The molecule has 1 aliphatic rings. The molecule has 6 rings (SSSR count). The Morgan fingerprint density at radius 1 is 0.706 bits per heavy atom. The Morgan fingerprint density at radius 2 is 1.38 bits per heavy atom. The van der Waals surface area contributed by atoms with Gasteiger partial charge in [0.2, 0.25) is 0 Å². The lowest BCUT2D eigenvalue weighted by molar-refractivity contribution is 0.660. The van der Waals surface area contributed by atoms with Crippen LogP contribution in [0.4, 0.5) is 17.1 Å². The van der Waals surface area contributed by atoms with E-state index in [4.69, 9.17) is 6.85 Å². The molecule has 0 amide bonds. The van der Waals surface area contributed by atoms with Gasteiger partial charge in [0.05, 0.1) is 6.85 Å². The second-order valence-electron chi connectivity index (χ2n) is 9.20. The quantitative estimate of drug-likeness (QED) is 0.268. The second-order valence-corrected chi connectivity index (χ2v) is 9.20. The molecule has 5 aromatic rings. The molecule has 0 fully saturated rings. The van der Waals surface area contributed by atoms with Gasteiger partial charge in [-0.15, -0.1) is 0 Å². The van der Waals surface area contributed by atoms with E-state index in [1.54, 1.807) is 11.0 Å². The molecule has 0 saturated carbocycles. The Labute approximate surface area is 208 Å². The Hall–Kier alpha value is -4.10. The summed E-state index contributed by atoms with van der Waals surface area (Å²) in [4.78, 5) is 1.79. The van der Waals surface area contributed by atoms with E-state index < -0.39 is 6.04 Å². The predicted octanol–water partition coefficient (Wildman–Crippen LogP) is 9.26. The Kier molecular flexibility index (Phi) is 3.57. The van der Waals surface area contributed by atoms with Gasteiger partial charge < -0.3 is 4.90 Å². The average Bonchev–Trinajstić information content (AvgIpc) is 3.18. The molecule has 0 saturated heterocycles. The third kappa shape index (κ3) is 3.16. The third-order valence-electron chi connectivity index (χ3n) is 6.88. The molecule has 0 radical (unpaired) electrons. The van der Waals surface area contributed by atoms with Gasteiger partial charge in [-0.05, 0) is 81.0 Å². The highest BCUT2D eigenvalue weighted by atomic mass is 15.1. The van der Waals surface area contributed by atoms with Crippen molar-refractivity contribution in [3.05, 3.63) is 132 Å². The van der Waals surface area contributed by atoms with Crippen LogP contribution in [0.3, 0.4) is 0 Å². The molecular weight excluding hydrogens is 410 g/mol. The Balaban J connectivity index is 1.63. The van der Waals surface area contributed by atoms with E-state index >= 15 is 0 Å². The highest BCUT2D eigenvalue weighted by molar-refractivity contribution is 5.91. The summed E-state index contributed by atoms with van der Waals surface area (Å²) in [5, 5.41) is 2.01. The standard InChI is InChI=1S/C33H27N/c1-4-23-14-15-25-21-27(17-16-24(25)20-23)34(26-10-6-5-7-11-26)28-18-19-30-29-12-8-9-13-31(29)33(2,3)32(30)22-28/h4-22H,1H2,2-3H3/i5D,6D,7D,10D,11D. The molecule has 34 heavy (non-hydrogen) atoms. The first-order valence-electron chi connectivity index (χ1n) is 13.9. The first-order valence-corrected chi connectivity index (χ1v) is 11.4. The van der Waals surface area contributed by atoms with Crippen molar-refractivity contribution < 1.29 is 6.85 Å². The summed E-state index contributed by atoms with van der Waals surface area (Å²) in [6.45, 7) is 8.26. The van der Waals surface area contributed by atoms with Gasteiger partial charge in [-0.3, -0.25) is 0 Å². The fourth-order valence-corrected chi connectivity index (χ4v) is 5.11. The molecule has 0 bridgehead atoms. The maximum Gasteiger partial charge on any atom is 0.0645 e. The van der Waals surface area contributed by atoms with Gasteiger partial charge in [0, 0.05) is 22.5 Å². The van der Waals surface area contributed by atoms with Gasteiger partial charge in [-0.2, -0.15) is 0 Å². The number of hydrogen-bond acceptors (Lipinski definition) is 1. The zero-order valence-electron chi connectivity index (χ0n) is 24.2. The number of para-hydroxylation sites is 1. The van der Waals surface area contributed by atoms with Crippen LogP contribution in [0.2, 0.25) is 0 Å². The van der Waals surface area contributed by atoms with E-state index in [1.807, 2.05) is 42.5 Å². The molecule has 1 heteroatoms. The first-order chi connectivity index (χ1) is 18.6. The maximum atomic E-state index is 8.79. The van der Waals surface area contributed by atoms with E-state index in [1.165, 1.54) is 11.1 Å². The predicted molar refractivity (Wildman–Crippen MR) is 146 cm³/mol. The summed E-state index contributed by atoms with van der Waals surface area (Å²) in [5.74, 6) is 0. The summed E-state index contributed by atoms with van der Waals surface area (Å²) in [5.41, 5.74) is 7.05. The number of anilines is 3. The van der Waals surface area contributed by atoms with Gasteiger partial charge in [0.25, 0.3) is 0 Å². The van der Waals surface area contributed by atoms with Crippen LogP contribution in [0.25, 0.3) is 28.0 Å². The summed E-state index contributed by atoms with van der Waals surface area (Å²) in [6, 6.07) is 24.9. The van der Waals surface area contributed by atoms with Crippen molar-refractivity contribution in [1.82, 2.24) is 0 Å². The van der Waals surface area contributed by atoms with Crippen LogP contribution >= 0.6 is 0 Å². The number of hydrogen-bond donors (Lipinski definition) is 0. The zero-order chi connectivity index (χ0) is 27.6. The van der Waals surface area contributed by atoms with Crippen molar-refractivity contribution in [2.75, 3.05) is 4.90 Å². The van der Waals surface area contributed by atoms with Crippen molar-refractivity contribution in [3.8, 4) is 11.1 Å². The summed E-state index contributed by atoms with van der Waals surface area (Å²) < 4.78 is 42.4. The lowest BCUT2D eigenvalue weighted by Crippen LogP contribution is -2.16. The molecule has 0 spiro atoms. The van der Waals surface area contributed by atoms with E-state index in [-0.39, 0.29) is 35.3 Å². The van der Waals surface area contributed by atoms with Crippen LogP contribution in [-0.2, 0) is 5.41 Å². The number of fused-ring (bicyclic) bond motifs is 4. The molecule has 0 heterocycles.